The number of nitrogen functional groups attached to an aromatic ring is 1. The van der Waals surface area contributed by atoms with E-state index in [9.17, 15) is 8.42 Å². The Hall–Kier alpha value is -1.33. The summed E-state index contributed by atoms with van der Waals surface area (Å²) >= 11 is 3.33. The number of hydrogen-bond acceptors (Lipinski definition) is 3. The molecule has 0 heterocycles. The fourth-order valence-corrected chi connectivity index (χ4v) is 3.78. The van der Waals surface area contributed by atoms with Gasteiger partial charge in [0.05, 0.1) is 10.6 Å². The van der Waals surface area contributed by atoms with Crippen molar-refractivity contribution in [2.75, 3.05) is 5.73 Å². The minimum absolute atomic E-state index is 0.107. The normalized spacial score (nSPS) is 11.4. The summed E-state index contributed by atoms with van der Waals surface area (Å²) in [6, 6.07) is 13.6. The molecule has 2 aromatic carbocycles. The maximum absolute atomic E-state index is 12.2. The molecule has 0 bridgehead atoms. The van der Waals surface area contributed by atoms with E-state index in [1.54, 1.807) is 48.5 Å². The van der Waals surface area contributed by atoms with Gasteiger partial charge in [-0.3, -0.25) is 0 Å². The SMILES string of the molecule is Nc1cccc(Br)c1CS(=O)(=O)c1ccccc1. The molecule has 0 aliphatic heterocycles. The second-order valence-electron chi connectivity index (χ2n) is 3.88. The van der Waals surface area contributed by atoms with E-state index in [-0.39, 0.29) is 5.75 Å². The van der Waals surface area contributed by atoms with E-state index in [1.807, 2.05) is 0 Å². The Morgan fingerprint density at radius 1 is 1.00 bits per heavy atom. The number of hydrogen-bond donors (Lipinski definition) is 1. The second-order valence-corrected chi connectivity index (χ2v) is 6.72. The van der Waals surface area contributed by atoms with E-state index < -0.39 is 9.84 Å². The second kappa shape index (κ2) is 5.12. The van der Waals surface area contributed by atoms with Crippen molar-refractivity contribution in [3.05, 3.63) is 58.6 Å². The molecular weight excluding hydrogens is 314 g/mol. The van der Waals surface area contributed by atoms with Gasteiger partial charge in [-0.05, 0) is 24.3 Å². The molecule has 2 aromatic rings. The van der Waals surface area contributed by atoms with Gasteiger partial charge in [0.1, 0.15) is 0 Å². The predicted molar refractivity (Wildman–Crippen MR) is 75.9 cm³/mol. The Bertz CT molecular complexity index is 634. The van der Waals surface area contributed by atoms with E-state index in [0.29, 0.717) is 20.6 Å². The van der Waals surface area contributed by atoms with Crippen LogP contribution >= 0.6 is 15.9 Å². The van der Waals surface area contributed by atoms with Crippen LogP contribution in [0.1, 0.15) is 5.56 Å². The van der Waals surface area contributed by atoms with Crippen LogP contribution in [0.15, 0.2) is 57.9 Å². The van der Waals surface area contributed by atoms with E-state index >= 15 is 0 Å². The van der Waals surface area contributed by atoms with Crippen LogP contribution in [0.25, 0.3) is 0 Å². The first-order valence-corrected chi connectivity index (χ1v) is 7.76. The first-order valence-electron chi connectivity index (χ1n) is 5.31. The number of halogens is 1. The average molecular weight is 326 g/mol. The van der Waals surface area contributed by atoms with Crippen LogP contribution in [0, 0.1) is 0 Å². The number of nitrogens with two attached hydrogens (primary N) is 1. The third-order valence-electron chi connectivity index (χ3n) is 2.59. The van der Waals surface area contributed by atoms with Crippen molar-refractivity contribution in [3.63, 3.8) is 0 Å². The smallest absolute Gasteiger partial charge is 0.182 e. The van der Waals surface area contributed by atoms with E-state index in [0.717, 1.165) is 0 Å². The van der Waals surface area contributed by atoms with Crippen molar-refractivity contribution < 1.29 is 8.42 Å². The van der Waals surface area contributed by atoms with Crippen LogP contribution in [0.2, 0.25) is 0 Å². The summed E-state index contributed by atoms with van der Waals surface area (Å²) in [5, 5.41) is 0. The van der Waals surface area contributed by atoms with Gasteiger partial charge in [0, 0.05) is 15.7 Å². The summed E-state index contributed by atoms with van der Waals surface area (Å²) in [5.74, 6) is -0.107. The first kappa shape index (κ1) is 13.1. The highest BCUT2D eigenvalue weighted by atomic mass is 79.9. The molecular formula is C13H12BrNO2S. The minimum Gasteiger partial charge on any atom is -0.398 e. The quantitative estimate of drug-likeness (QED) is 0.882. The molecule has 0 fully saturated rings. The van der Waals surface area contributed by atoms with E-state index in [2.05, 4.69) is 15.9 Å². The highest BCUT2D eigenvalue weighted by molar-refractivity contribution is 9.10. The third-order valence-corrected chi connectivity index (χ3v) is 4.99. The summed E-state index contributed by atoms with van der Waals surface area (Å²) in [6.07, 6.45) is 0. The van der Waals surface area contributed by atoms with Crippen LogP contribution in [0.4, 0.5) is 5.69 Å². The van der Waals surface area contributed by atoms with Gasteiger partial charge in [-0.15, -0.1) is 0 Å². The van der Waals surface area contributed by atoms with E-state index in [4.69, 9.17) is 5.73 Å². The van der Waals surface area contributed by atoms with E-state index in [1.165, 1.54) is 0 Å². The molecule has 5 heteroatoms. The van der Waals surface area contributed by atoms with Crippen molar-refractivity contribution in [2.45, 2.75) is 10.6 Å². The maximum Gasteiger partial charge on any atom is 0.182 e. The van der Waals surface area contributed by atoms with Crippen LogP contribution in [0.3, 0.4) is 0 Å². The third kappa shape index (κ3) is 2.73. The number of benzene rings is 2. The molecule has 0 aliphatic rings. The van der Waals surface area contributed by atoms with Crippen molar-refractivity contribution in [3.8, 4) is 0 Å². The topological polar surface area (TPSA) is 60.2 Å². The minimum atomic E-state index is -3.37. The zero-order valence-corrected chi connectivity index (χ0v) is 11.9. The number of anilines is 1. The summed E-state index contributed by atoms with van der Waals surface area (Å²) in [5.41, 5.74) is 6.89. The first-order chi connectivity index (χ1) is 8.50. The van der Waals surface area contributed by atoms with Crippen molar-refractivity contribution in [2.24, 2.45) is 0 Å². The lowest BCUT2D eigenvalue weighted by molar-refractivity contribution is 0.595. The summed E-state index contributed by atoms with van der Waals surface area (Å²) < 4.78 is 25.2. The van der Waals surface area contributed by atoms with Gasteiger partial charge < -0.3 is 5.73 Å². The fraction of sp³-hybridized carbons (Fsp3) is 0.0769. The number of sulfone groups is 1. The lowest BCUT2D eigenvalue weighted by atomic mass is 10.2. The molecule has 0 atom stereocenters. The number of rotatable bonds is 3. The molecule has 0 amide bonds. The molecule has 0 aromatic heterocycles. The standard InChI is InChI=1S/C13H12BrNO2S/c14-12-7-4-8-13(15)11(12)9-18(16,17)10-5-2-1-3-6-10/h1-8H,9,15H2. The zero-order chi connectivity index (χ0) is 13.2. The van der Waals surface area contributed by atoms with Crippen molar-refractivity contribution >= 4 is 31.5 Å². The van der Waals surface area contributed by atoms with Crippen LogP contribution < -0.4 is 5.73 Å². The summed E-state index contributed by atoms with van der Waals surface area (Å²) in [4.78, 5) is 0.306. The summed E-state index contributed by atoms with van der Waals surface area (Å²) in [7, 11) is -3.37. The van der Waals surface area contributed by atoms with Gasteiger partial charge >= 0.3 is 0 Å². The molecule has 3 nitrogen and oxygen atoms in total. The fourth-order valence-electron chi connectivity index (χ4n) is 1.63. The van der Waals surface area contributed by atoms with Gasteiger partial charge in [-0.1, -0.05) is 40.2 Å². The van der Waals surface area contributed by atoms with Crippen LogP contribution in [-0.2, 0) is 15.6 Å². The van der Waals surface area contributed by atoms with Gasteiger partial charge in [-0.2, -0.15) is 0 Å². The summed E-state index contributed by atoms with van der Waals surface area (Å²) in [6.45, 7) is 0. The lowest BCUT2D eigenvalue weighted by Gasteiger charge is -2.09. The Morgan fingerprint density at radius 3 is 2.28 bits per heavy atom. The molecule has 18 heavy (non-hydrogen) atoms. The van der Waals surface area contributed by atoms with Crippen molar-refractivity contribution in [1.82, 2.24) is 0 Å². The average Bonchev–Trinajstić information content (AvgIpc) is 2.35. The predicted octanol–water partition coefficient (Wildman–Crippen LogP) is 3.01. The van der Waals surface area contributed by atoms with Crippen LogP contribution in [-0.4, -0.2) is 8.42 Å². The molecule has 0 radical (unpaired) electrons. The van der Waals surface area contributed by atoms with Gasteiger partial charge in [0.2, 0.25) is 0 Å². The molecule has 2 rings (SSSR count). The Balaban J connectivity index is 2.41. The molecule has 0 aliphatic carbocycles. The largest absolute Gasteiger partial charge is 0.398 e. The molecule has 0 spiro atoms. The highest BCUT2D eigenvalue weighted by Gasteiger charge is 2.18. The molecule has 0 unspecified atom stereocenters. The molecule has 2 N–H and O–H groups in total. The van der Waals surface area contributed by atoms with Gasteiger partial charge in [-0.25, -0.2) is 8.42 Å². The Labute approximate surface area is 115 Å². The molecule has 94 valence electrons. The van der Waals surface area contributed by atoms with Crippen molar-refractivity contribution in [1.29, 1.82) is 0 Å². The highest BCUT2D eigenvalue weighted by Crippen LogP contribution is 2.27. The zero-order valence-electron chi connectivity index (χ0n) is 9.51. The lowest BCUT2D eigenvalue weighted by Crippen LogP contribution is -2.07. The van der Waals surface area contributed by atoms with Gasteiger partial charge in [0.25, 0.3) is 0 Å². The maximum atomic E-state index is 12.2. The van der Waals surface area contributed by atoms with Crippen LogP contribution in [0.5, 0.6) is 0 Å². The Morgan fingerprint density at radius 2 is 1.67 bits per heavy atom. The van der Waals surface area contributed by atoms with Gasteiger partial charge in [0.15, 0.2) is 9.84 Å². The Kier molecular flexibility index (Phi) is 3.73. The molecule has 0 saturated heterocycles. The molecule has 0 saturated carbocycles. The monoisotopic (exact) mass is 325 g/mol.